The van der Waals surface area contributed by atoms with Crippen molar-refractivity contribution in [1.82, 2.24) is 5.32 Å². The number of aryl methyl sites for hydroxylation is 1. The second-order valence-electron chi connectivity index (χ2n) is 4.22. The van der Waals surface area contributed by atoms with Crippen molar-refractivity contribution in [3.05, 3.63) is 23.8 Å². The van der Waals surface area contributed by atoms with Crippen molar-refractivity contribution in [2.45, 2.75) is 20.3 Å². The maximum absolute atomic E-state index is 11.6. The molecule has 0 saturated heterocycles. The molecule has 4 nitrogen and oxygen atoms in total. The molecule has 0 aliphatic heterocycles. The maximum Gasteiger partial charge on any atom is 0.239 e. The highest BCUT2D eigenvalue weighted by atomic mass is 16.2. The second-order valence-corrected chi connectivity index (χ2v) is 4.22. The largest absolute Gasteiger partial charge is 0.397 e. The molecular weight excluding hydrogens is 214 g/mol. The summed E-state index contributed by atoms with van der Waals surface area (Å²) in [5.74, 6) is 0.0250. The Morgan fingerprint density at radius 1 is 1.47 bits per heavy atom. The highest BCUT2D eigenvalue weighted by Crippen LogP contribution is 2.25. The van der Waals surface area contributed by atoms with E-state index in [1.165, 1.54) is 0 Å². The Morgan fingerprint density at radius 2 is 2.18 bits per heavy atom. The number of carbonyl (C=O) groups is 1. The number of amides is 1. The summed E-state index contributed by atoms with van der Waals surface area (Å²) in [5, 5.41) is 2.85. The Labute approximate surface area is 103 Å². The van der Waals surface area contributed by atoms with E-state index in [0.717, 1.165) is 24.2 Å². The van der Waals surface area contributed by atoms with Gasteiger partial charge in [0.1, 0.15) is 0 Å². The number of nitrogens with two attached hydrogens (primary N) is 1. The number of hydrogen-bond donors (Lipinski definition) is 2. The third-order valence-electron chi connectivity index (χ3n) is 2.60. The number of nitrogens with one attached hydrogen (secondary N) is 1. The van der Waals surface area contributed by atoms with Gasteiger partial charge in [-0.25, -0.2) is 0 Å². The molecule has 1 rings (SSSR count). The van der Waals surface area contributed by atoms with Crippen LogP contribution in [-0.2, 0) is 4.79 Å². The summed E-state index contributed by atoms with van der Waals surface area (Å²) in [6.45, 7) is 5.07. The molecule has 1 amide bonds. The zero-order valence-corrected chi connectivity index (χ0v) is 10.8. The fourth-order valence-electron chi connectivity index (χ4n) is 1.82. The summed E-state index contributed by atoms with van der Waals surface area (Å²) in [6.07, 6.45) is 0.946. The van der Waals surface area contributed by atoms with Gasteiger partial charge in [0.25, 0.3) is 0 Å². The highest BCUT2D eigenvalue weighted by molar-refractivity contribution is 5.83. The lowest BCUT2D eigenvalue weighted by Crippen LogP contribution is -2.36. The molecule has 0 aromatic heterocycles. The van der Waals surface area contributed by atoms with E-state index < -0.39 is 0 Å². The number of nitrogens with zero attached hydrogens (tertiary/aromatic N) is 1. The fraction of sp³-hybridized carbons (Fsp3) is 0.462. The summed E-state index contributed by atoms with van der Waals surface area (Å²) in [6, 6.07) is 5.76. The van der Waals surface area contributed by atoms with Gasteiger partial charge >= 0.3 is 0 Å². The zero-order chi connectivity index (χ0) is 12.8. The Balaban J connectivity index is 2.69. The van der Waals surface area contributed by atoms with Crippen LogP contribution in [0.15, 0.2) is 18.2 Å². The normalized spacial score (nSPS) is 10.1. The predicted octanol–water partition coefficient (Wildman–Crippen LogP) is 1.54. The molecule has 0 atom stereocenters. The molecule has 0 spiro atoms. The van der Waals surface area contributed by atoms with E-state index in [2.05, 4.69) is 5.32 Å². The van der Waals surface area contributed by atoms with Gasteiger partial charge in [-0.2, -0.15) is 0 Å². The van der Waals surface area contributed by atoms with Crippen molar-refractivity contribution in [1.29, 1.82) is 0 Å². The topological polar surface area (TPSA) is 58.4 Å². The first-order valence-corrected chi connectivity index (χ1v) is 5.89. The van der Waals surface area contributed by atoms with Crippen molar-refractivity contribution in [3.63, 3.8) is 0 Å². The molecule has 0 aliphatic rings. The fourth-order valence-corrected chi connectivity index (χ4v) is 1.82. The predicted molar refractivity (Wildman–Crippen MR) is 72.2 cm³/mol. The minimum Gasteiger partial charge on any atom is -0.397 e. The van der Waals surface area contributed by atoms with Gasteiger partial charge < -0.3 is 16.0 Å². The Kier molecular flexibility index (Phi) is 4.82. The van der Waals surface area contributed by atoms with Gasteiger partial charge in [-0.1, -0.05) is 19.1 Å². The first-order chi connectivity index (χ1) is 8.06. The van der Waals surface area contributed by atoms with E-state index in [1.54, 1.807) is 0 Å². The van der Waals surface area contributed by atoms with Crippen molar-refractivity contribution in [3.8, 4) is 0 Å². The van der Waals surface area contributed by atoms with Crippen LogP contribution in [0.2, 0.25) is 0 Å². The van der Waals surface area contributed by atoms with Gasteiger partial charge in [0.05, 0.1) is 17.9 Å². The Morgan fingerprint density at radius 3 is 2.76 bits per heavy atom. The Hall–Kier alpha value is -1.71. The van der Waals surface area contributed by atoms with Crippen LogP contribution in [0.5, 0.6) is 0 Å². The van der Waals surface area contributed by atoms with Gasteiger partial charge in [-0.3, -0.25) is 4.79 Å². The van der Waals surface area contributed by atoms with Crippen molar-refractivity contribution >= 4 is 17.3 Å². The summed E-state index contributed by atoms with van der Waals surface area (Å²) in [4.78, 5) is 13.5. The van der Waals surface area contributed by atoms with E-state index in [9.17, 15) is 4.79 Å². The van der Waals surface area contributed by atoms with Crippen LogP contribution in [0, 0.1) is 6.92 Å². The molecule has 0 heterocycles. The van der Waals surface area contributed by atoms with E-state index in [-0.39, 0.29) is 5.91 Å². The molecule has 0 fully saturated rings. The SMILES string of the molecule is CCCNC(=O)CN(C)c1c(C)cccc1N. The molecular formula is C13H21N3O. The monoisotopic (exact) mass is 235 g/mol. The molecule has 17 heavy (non-hydrogen) atoms. The van der Waals surface area contributed by atoms with Crippen LogP contribution in [0.1, 0.15) is 18.9 Å². The van der Waals surface area contributed by atoms with E-state index in [4.69, 9.17) is 5.73 Å². The van der Waals surface area contributed by atoms with E-state index in [0.29, 0.717) is 12.2 Å². The average molecular weight is 235 g/mol. The highest BCUT2D eigenvalue weighted by Gasteiger charge is 2.11. The van der Waals surface area contributed by atoms with Crippen LogP contribution < -0.4 is 16.0 Å². The minimum atomic E-state index is 0.0250. The van der Waals surface area contributed by atoms with Crippen LogP contribution in [-0.4, -0.2) is 26.0 Å². The van der Waals surface area contributed by atoms with E-state index in [1.807, 2.05) is 44.0 Å². The van der Waals surface area contributed by atoms with Crippen molar-refractivity contribution in [2.75, 3.05) is 30.8 Å². The molecule has 1 aromatic rings. The number of rotatable bonds is 5. The molecule has 3 N–H and O–H groups in total. The number of benzene rings is 1. The Bertz CT molecular complexity index is 370. The standard InChI is InChI=1S/C13H21N3O/c1-4-8-15-12(17)9-16(3)13-10(2)6-5-7-11(13)14/h5-7H,4,8-9,14H2,1-3H3,(H,15,17). The van der Waals surface area contributed by atoms with Gasteiger partial charge in [0.2, 0.25) is 5.91 Å². The number of para-hydroxylation sites is 1. The van der Waals surface area contributed by atoms with Gasteiger partial charge in [0, 0.05) is 13.6 Å². The summed E-state index contributed by atoms with van der Waals surface area (Å²) >= 11 is 0. The number of anilines is 2. The summed E-state index contributed by atoms with van der Waals surface area (Å²) < 4.78 is 0. The third-order valence-corrected chi connectivity index (χ3v) is 2.60. The van der Waals surface area contributed by atoms with Crippen molar-refractivity contribution in [2.24, 2.45) is 0 Å². The molecule has 1 aromatic carbocycles. The molecule has 94 valence electrons. The summed E-state index contributed by atoms with van der Waals surface area (Å²) in [7, 11) is 1.88. The van der Waals surface area contributed by atoms with Crippen LogP contribution in [0.4, 0.5) is 11.4 Å². The first kappa shape index (κ1) is 13.4. The maximum atomic E-state index is 11.6. The first-order valence-electron chi connectivity index (χ1n) is 5.89. The van der Waals surface area contributed by atoms with Gasteiger partial charge in [-0.15, -0.1) is 0 Å². The molecule has 0 bridgehead atoms. The molecule has 4 heteroatoms. The van der Waals surface area contributed by atoms with Crippen molar-refractivity contribution < 1.29 is 4.79 Å². The van der Waals surface area contributed by atoms with Crippen LogP contribution >= 0.6 is 0 Å². The lowest BCUT2D eigenvalue weighted by atomic mass is 10.1. The van der Waals surface area contributed by atoms with Crippen LogP contribution in [0.3, 0.4) is 0 Å². The minimum absolute atomic E-state index is 0.0250. The number of hydrogen-bond acceptors (Lipinski definition) is 3. The molecule has 0 saturated carbocycles. The zero-order valence-electron chi connectivity index (χ0n) is 10.8. The number of carbonyl (C=O) groups excluding carboxylic acids is 1. The average Bonchev–Trinajstić information content (AvgIpc) is 2.26. The van der Waals surface area contributed by atoms with E-state index >= 15 is 0 Å². The van der Waals surface area contributed by atoms with Gasteiger partial charge in [-0.05, 0) is 25.0 Å². The molecule has 0 radical (unpaired) electrons. The molecule has 0 unspecified atom stereocenters. The third kappa shape index (κ3) is 3.66. The molecule has 0 aliphatic carbocycles. The second kappa shape index (κ2) is 6.13. The van der Waals surface area contributed by atoms with Gasteiger partial charge in [0.15, 0.2) is 0 Å². The quantitative estimate of drug-likeness (QED) is 0.761. The lowest BCUT2D eigenvalue weighted by molar-refractivity contribution is -0.119. The lowest BCUT2D eigenvalue weighted by Gasteiger charge is -2.22. The van der Waals surface area contributed by atoms with Crippen LogP contribution in [0.25, 0.3) is 0 Å². The number of nitrogen functional groups attached to an aromatic ring is 1. The number of likely N-dealkylation sites (N-methyl/N-ethyl adjacent to an activating group) is 1. The smallest absolute Gasteiger partial charge is 0.239 e. The summed E-state index contributed by atoms with van der Waals surface area (Å²) in [5.41, 5.74) is 8.64.